The fourth-order valence-electron chi connectivity index (χ4n) is 7.87. The fraction of sp³-hybridized carbons (Fsp3) is 0.818. The number of hydrogen-bond acceptors (Lipinski definition) is 1. The molecule has 192 valence electrons. The van der Waals surface area contributed by atoms with Gasteiger partial charge in [0.05, 0.1) is 6.61 Å². The smallest absolute Gasteiger partial charge is 0.119 e. The number of rotatable bonds is 12. The highest BCUT2D eigenvalue weighted by molar-refractivity contribution is 5.29. The van der Waals surface area contributed by atoms with E-state index in [0.717, 1.165) is 47.9 Å². The van der Waals surface area contributed by atoms with E-state index >= 15 is 0 Å². The largest absolute Gasteiger partial charge is 0.494 e. The Morgan fingerprint density at radius 1 is 0.618 bits per heavy atom. The summed E-state index contributed by atoms with van der Waals surface area (Å²) in [6.07, 6.45) is 26.9. The van der Waals surface area contributed by atoms with Gasteiger partial charge in [0.25, 0.3) is 0 Å². The average molecular weight is 467 g/mol. The van der Waals surface area contributed by atoms with E-state index in [9.17, 15) is 0 Å². The summed E-state index contributed by atoms with van der Waals surface area (Å²) in [6.45, 7) is 5.14. The predicted molar refractivity (Wildman–Crippen MR) is 147 cm³/mol. The molecule has 0 N–H and O–H groups in total. The fourth-order valence-corrected chi connectivity index (χ4v) is 7.87. The number of fused-ring (bicyclic) bond motifs is 1. The van der Waals surface area contributed by atoms with E-state index < -0.39 is 0 Å². The second-order valence-electron chi connectivity index (χ2n) is 12.4. The van der Waals surface area contributed by atoms with E-state index in [1.807, 2.05) is 0 Å². The van der Waals surface area contributed by atoms with Crippen LogP contribution in [0.2, 0.25) is 0 Å². The molecule has 3 aliphatic carbocycles. The summed E-state index contributed by atoms with van der Waals surface area (Å²) in [5.74, 6) is 7.00. The molecule has 3 fully saturated rings. The van der Waals surface area contributed by atoms with Gasteiger partial charge in [0.1, 0.15) is 5.75 Å². The highest BCUT2D eigenvalue weighted by Gasteiger charge is 2.36. The normalized spacial score (nSPS) is 31.7. The third kappa shape index (κ3) is 7.76. The lowest BCUT2D eigenvalue weighted by Gasteiger charge is -2.43. The van der Waals surface area contributed by atoms with Crippen LogP contribution in [0.25, 0.3) is 0 Å². The van der Waals surface area contributed by atoms with E-state index in [0.29, 0.717) is 0 Å². The Morgan fingerprint density at radius 2 is 1.24 bits per heavy atom. The van der Waals surface area contributed by atoms with Crippen molar-refractivity contribution in [3.05, 3.63) is 29.8 Å². The van der Waals surface area contributed by atoms with Crippen LogP contribution in [0.1, 0.15) is 141 Å². The maximum Gasteiger partial charge on any atom is 0.119 e. The molecule has 4 atom stereocenters. The molecular weight excluding hydrogens is 412 g/mol. The van der Waals surface area contributed by atoms with Gasteiger partial charge >= 0.3 is 0 Å². The second-order valence-corrected chi connectivity index (χ2v) is 12.4. The van der Waals surface area contributed by atoms with Gasteiger partial charge in [0.15, 0.2) is 0 Å². The molecular formula is C33H54O. The van der Waals surface area contributed by atoms with Crippen molar-refractivity contribution in [3.8, 4) is 5.75 Å². The summed E-state index contributed by atoms with van der Waals surface area (Å²) in [6, 6.07) is 9.04. The van der Waals surface area contributed by atoms with Gasteiger partial charge in [-0.3, -0.25) is 0 Å². The Hall–Kier alpha value is -0.980. The summed E-state index contributed by atoms with van der Waals surface area (Å²) >= 11 is 0. The minimum atomic E-state index is 0.758. The van der Waals surface area contributed by atoms with Crippen molar-refractivity contribution in [1.82, 2.24) is 0 Å². The summed E-state index contributed by atoms with van der Waals surface area (Å²) in [7, 11) is 0. The maximum atomic E-state index is 5.64. The van der Waals surface area contributed by atoms with Gasteiger partial charge in [-0.2, -0.15) is 0 Å². The van der Waals surface area contributed by atoms with Crippen LogP contribution in [-0.2, 0) is 0 Å². The molecule has 1 heteroatoms. The topological polar surface area (TPSA) is 9.23 Å². The lowest BCUT2D eigenvalue weighted by Crippen LogP contribution is -2.30. The number of benzene rings is 1. The van der Waals surface area contributed by atoms with Crippen LogP contribution in [0.15, 0.2) is 24.3 Å². The van der Waals surface area contributed by atoms with E-state index in [-0.39, 0.29) is 0 Å². The molecule has 0 radical (unpaired) electrons. The van der Waals surface area contributed by atoms with Gasteiger partial charge < -0.3 is 4.74 Å². The molecule has 34 heavy (non-hydrogen) atoms. The van der Waals surface area contributed by atoms with Crippen LogP contribution in [0.4, 0.5) is 0 Å². The van der Waals surface area contributed by atoms with Gasteiger partial charge in [0, 0.05) is 0 Å². The Morgan fingerprint density at radius 3 is 1.97 bits per heavy atom. The Labute approximate surface area is 211 Å². The first-order chi connectivity index (χ1) is 16.7. The molecule has 3 saturated carbocycles. The van der Waals surface area contributed by atoms with Crippen molar-refractivity contribution >= 4 is 0 Å². The third-order valence-electron chi connectivity index (χ3n) is 10.0. The van der Waals surface area contributed by atoms with Crippen LogP contribution >= 0.6 is 0 Å². The summed E-state index contributed by atoms with van der Waals surface area (Å²) < 4.78 is 5.64. The van der Waals surface area contributed by atoms with Crippen LogP contribution < -0.4 is 4.74 Å². The summed E-state index contributed by atoms with van der Waals surface area (Å²) in [5, 5.41) is 0. The molecule has 1 aromatic rings. The minimum absolute atomic E-state index is 0.758. The van der Waals surface area contributed by atoms with Crippen molar-refractivity contribution in [2.75, 3.05) is 6.61 Å². The van der Waals surface area contributed by atoms with Crippen molar-refractivity contribution in [2.45, 2.75) is 135 Å². The van der Waals surface area contributed by atoms with Gasteiger partial charge in [-0.05, 0) is 92.2 Å². The van der Waals surface area contributed by atoms with Crippen LogP contribution in [-0.4, -0.2) is 6.61 Å². The lowest BCUT2D eigenvalue weighted by atomic mass is 9.63. The quantitative estimate of drug-likeness (QED) is 0.278. The molecule has 1 aromatic carbocycles. The van der Waals surface area contributed by atoms with Gasteiger partial charge in [-0.25, -0.2) is 0 Å². The molecule has 0 saturated heterocycles. The highest BCUT2D eigenvalue weighted by atomic mass is 16.5. The maximum absolute atomic E-state index is 5.64. The number of unbranched alkanes of at least 4 members (excludes halogenated alkanes) is 4. The lowest BCUT2D eigenvalue weighted by molar-refractivity contribution is 0.108. The molecule has 3 aliphatic rings. The molecule has 4 rings (SSSR count). The Bertz CT molecular complexity index is 670. The molecule has 0 bridgehead atoms. The summed E-state index contributed by atoms with van der Waals surface area (Å²) in [5.41, 5.74) is 1.56. The number of hydrogen-bond donors (Lipinski definition) is 0. The van der Waals surface area contributed by atoms with Gasteiger partial charge in [-0.1, -0.05) is 103 Å². The monoisotopic (exact) mass is 466 g/mol. The van der Waals surface area contributed by atoms with Crippen LogP contribution in [0.3, 0.4) is 0 Å². The average Bonchev–Trinajstić information content (AvgIpc) is 2.88. The van der Waals surface area contributed by atoms with Crippen LogP contribution in [0, 0.1) is 29.6 Å². The highest BCUT2D eigenvalue weighted by Crippen LogP contribution is 2.49. The molecule has 1 nitrogen and oxygen atoms in total. The van der Waals surface area contributed by atoms with Crippen LogP contribution in [0.5, 0.6) is 5.75 Å². The zero-order valence-electron chi connectivity index (χ0n) is 22.6. The molecule has 0 aliphatic heterocycles. The van der Waals surface area contributed by atoms with Crippen molar-refractivity contribution in [3.63, 3.8) is 0 Å². The van der Waals surface area contributed by atoms with E-state index in [1.54, 1.807) is 44.1 Å². The zero-order chi connectivity index (χ0) is 23.6. The SMILES string of the molecule is CCCCCCCC1CCC(CCC2CCC3CC(c4ccc(OCC)cc4)CCC3C2)CC1. The van der Waals surface area contributed by atoms with Crippen molar-refractivity contribution < 1.29 is 4.74 Å². The summed E-state index contributed by atoms with van der Waals surface area (Å²) in [4.78, 5) is 0. The van der Waals surface area contributed by atoms with Crippen molar-refractivity contribution in [2.24, 2.45) is 29.6 Å². The Kier molecular flexibility index (Phi) is 10.7. The Balaban J connectivity index is 1.11. The first-order valence-electron chi connectivity index (χ1n) is 15.5. The third-order valence-corrected chi connectivity index (χ3v) is 10.0. The van der Waals surface area contributed by atoms with E-state index in [2.05, 4.69) is 38.1 Å². The number of ether oxygens (including phenoxy) is 1. The first kappa shape index (κ1) is 26.1. The predicted octanol–water partition coefficient (Wildman–Crippen LogP) is 10.3. The van der Waals surface area contributed by atoms with E-state index in [4.69, 9.17) is 4.74 Å². The molecule has 0 aromatic heterocycles. The molecule has 0 amide bonds. The standard InChI is InChI=1S/C33H54O/c1-3-5-6-7-8-9-26-10-12-27(13-11-26)14-15-28-16-17-32-25-31(19-18-30(32)24-28)29-20-22-33(23-21-29)34-4-2/h20-23,26-28,30-32H,3-19,24-25H2,1-2H3. The van der Waals surface area contributed by atoms with Crippen molar-refractivity contribution in [1.29, 1.82) is 0 Å². The van der Waals surface area contributed by atoms with Gasteiger partial charge in [0.2, 0.25) is 0 Å². The van der Waals surface area contributed by atoms with Gasteiger partial charge in [-0.15, -0.1) is 0 Å². The molecule has 4 unspecified atom stereocenters. The van der Waals surface area contributed by atoms with E-state index in [1.165, 1.54) is 77.0 Å². The zero-order valence-corrected chi connectivity index (χ0v) is 22.6. The first-order valence-corrected chi connectivity index (χ1v) is 15.5. The molecule has 0 heterocycles. The minimum Gasteiger partial charge on any atom is -0.494 e. The molecule has 0 spiro atoms. The second kappa shape index (κ2) is 13.9.